The van der Waals surface area contributed by atoms with Crippen molar-refractivity contribution < 1.29 is 13.2 Å². The predicted molar refractivity (Wildman–Crippen MR) is 115 cm³/mol. The summed E-state index contributed by atoms with van der Waals surface area (Å²) in [6, 6.07) is 1.91. The Hall–Kier alpha value is -2.53. The van der Waals surface area contributed by atoms with Crippen LogP contribution in [-0.4, -0.2) is 82.3 Å². The fraction of sp³-hybridized carbons (Fsp3) is 0.600. The molecule has 10 nitrogen and oxygen atoms in total. The lowest BCUT2D eigenvalue weighted by atomic mass is 9.98. The smallest absolute Gasteiger partial charge is 0.262 e. The molecule has 1 atom stereocenters. The SMILES string of the molecule is CC(C)n1cnc(S(=O)(=O)N2CCC[C@@H](C(=O)N3CCN(c4ncccn4)CC3)C2)c1. The molecule has 2 fully saturated rings. The molecule has 2 aromatic heterocycles. The van der Waals surface area contributed by atoms with Crippen molar-refractivity contribution >= 4 is 21.9 Å². The summed E-state index contributed by atoms with van der Waals surface area (Å²) in [6.45, 7) is 7.05. The second-order valence-electron chi connectivity index (χ2n) is 8.32. The average molecular weight is 448 g/mol. The highest BCUT2D eigenvalue weighted by molar-refractivity contribution is 7.89. The molecule has 2 aliphatic rings. The number of sulfonamides is 1. The van der Waals surface area contributed by atoms with Crippen LogP contribution in [0.3, 0.4) is 0 Å². The number of carbonyl (C=O) groups excluding carboxylic acids is 1. The van der Waals surface area contributed by atoms with Crippen molar-refractivity contribution in [2.45, 2.75) is 37.8 Å². The number of nitrogens with zero attached hydrogens (tertiary/aromatic N) is 7. The average Bonchev–Trinajstić information content (AvgIpc) is 3.31. The van der Waals surface area contributed by atoms with Gasteiger partial charge in [-0.05, 0) is 32.8 Å². The zero-order chi connectivity index (χ0) is 22.0. The summed E-state index contributed by atoms with van der Waals surface area (Å²) in [5, 5.41) is 0.0470. The fourth-order valence-electron chi connectivity index (χ4n) is 4.07. The third-order valence-corrected chi connectivity index (χ3v) is 7.69. The van der Waals surface area contributed by atoms with Gasteiger partial charge < -0.3 is 14.4 Å². The summed E-state index contributed by atoms with van der Waals surface area (Å²) in [6.07, 6.45) is 7.89. The van der Waals surface area contributed by atoms with E-state index >= 15 is 0 Å². The molecule has 0 saturated carbocycles. The zero-order valence-electron chi connectivity index (χ0n) is 18.0. The number of amides is 1. The van der Waals surface area contributed by atoms with Crippen molar-refractivity contribution in [1.29, 1.82) is 0 Å². The summed E-state index contributed by atoms with van der Waals surface area (Å²) in [4.78, 5) is 29.7. The standard InChI is InChI=1S/C20H29N7O3S/c1-16(2)26-14-18(23-15-26)31(29,30)27-8-3-5-17(13-27)19(28)24-9-11-25(12-10-24)20-21-6-4-7-22-20/h4,6-7,14-17H,3,5,8-13H2,1-2H3/t17-/m1/s1. The highest BCUT2D eigenvalue weighted by Gasteiger charge is 2.37. The maximum Gasteiger partial charge on any atom is 0.262 e. The lowest BCUT2D eigenvalue weighted by Gasteiger charge is -2.38. The first kappa shape index (κ1) is 21.7. The molecule has 0 spiro atoms. The van der Waals surface area contributed by atoms with Gasteiger partial charge in [-0.15, -0.1) is 0 Å². The molecule has 0 bridgehead atoms. The van der Waals surface area contributed by atoms with Crippen LogP contribution in [0.25, 0.3) is 0 Å². The number of piperazine rings is 1. The Morgan fingerprint density at radius 3 is 2.42 bits per heavy atom. The molecule has 2 aliphatic heterocycles. The van der Waals surface area contributed by atoms with E-state index in [1.165, 1.54) is 4.31 Å². The van der Waals surface area contributed by atoms with Crippen LogP contribution in [0.15, 0.2) is 36.0 Å². The van der Waals surface area contributed by atoms with Crippen molar-refractivity contribution in [1.82, 2.24) is 28.7 Å². The number of aromatic nitrogens is 4. The van der Waals surface area contributed by atoms with E-state index in [0.717, 1.165) is 0 Å². The van der Waals surface area contributed by atoms with Gasteiger partial charge in [0, 0.05) is 63.9 Å². The molecular weight excluding hydrogens is 418 g/mol. The number of carbonyl (C=O) groups is 1. The van der Waals surface area contributed by atoms with Crippen molar-refractivity contribution in [2.75, 3.05) is 44.2 Å². The van der Waals surface area contributed by atoms with Gasteiger partial charge in [-0.1, -0.05) is 0 Å². The van der Waals surface area contributed by atoms with Gasteiger partial charge in [0.25, 0.3) is 10.0 Å². The van der Waals surface area contributed by atoms with Crippen LogP contribution in [0, 0.1) is 5.92 Å². The number of piperidine rings is 1. The molecule has 0 N–H and O–H groups in total. The Balaban J connectivity index is 1.38. The zero-order valence-corrected chi connectivity index (χ0v) is 18.8. The van der Waals surface area contributed by atoms with E-state index in [1.54, 1.807) is 35.6 Å². The summed E-state index contributed by atoms with van der Waals surface area (Å²) in [5.74, 6) is 0.377. The Bertz CT molecular complexity index is 1000. The van der Waals surface area contributed by atoms with Crippen LogP contribution in [0.5, 0.6) is 0 Å². The summed E-state index contributed by atoms with van der Waals surface area (Å²) in [5.41, 5.74) is 0. The lowest BCUT2D eigenvalue weighted by molar-refractivity contribution is -0.137. The molecular formula is C20H29N7O3S. The minimum Gasteiger partial charge on any atom is -0.339 e. The second kappa shape index (κ2) is 8.91. The number of rotatable bonds is 5. The van der Waals surface area contributed by atoms with Crippen molar-refractivity contribution in [2.24, 2.45) is 5.92 Å². The van der Waals surface area contributed by atoms with Crippen molar-refractivity contribution in [3.8, 4) is 0 Å². The van der Waals surface area contributed by atoms with Crippen LogP contribution in [0.2, 0.25) is 0 Å². The summed E-state index contributed by atoms with van der Waals surface area (Å²) >= 11 is 0. The minimum atomic E-state index is -3.71. The Labute approximate surface area is 183 Å². The maximum absolute atomic E-state index is 13.1. The van der Waals surface area contributed by atoms with E-state index in [0.29, 0.717) is 51.5 Å². The Morgan fingerprint density at radius 2 is 1.77 bits per heavy atom. The molecule has 0 radical (unpaired) electrons. The van der Waals surface area contributed by atoms with Gasteiger partial charge in [-0.25, -0.2) is 23.4 Å². The fourth-order valence-corrected chi connectivity index (χ4v) is 5.51. The van der Waals surface area contributed by atoms with Gasteiger partial charge in [-0.2, -0.15) is 4.31 Å². The highest BCUT2D eigenvalue weighted by atomic mass is 32.2. The van der Waals surface area contributed by atoms with Gasteiger partial charge in [0.2, 0.25) is 11.9 Å². The van der Waals surface area contributed by atoms with E-state index in [4.69, 9.17) is 0 Å². The second-order valence-corrected chi connectivity index (χ2v) is 10.2. The van der Waals surface area contributed by atoms with E-state index in [-0.39, 0.29) is 29.4 Å². The quantitative estimate of drug-likeness (QED) is 0.673. The van der Waals surface area contributed by atoms with Gasteiger partial charge in [0.1, 0.15) is 0 Å². The van der Waals surface area contributed by atoms with Crippen LogP contribution >= 0.6 is 0 Å². The van der Waals surface area contributed by atoms with Gasteiger partial charge >= 0.3 is 0 Å². The first-order chi connectivity index (χ1) is 14.9. The number of hydrogen-bond acceptors (Lipinski definition) is 7. The van der Waals surface area contributed by atoms with E-state index < -0.39 is 10.0 Å². The molecule has 2 aromatic rings. The third kappa shape index (κ3) is 4.57. The maximum atomic E-state index is 13.1. The van der Waals surface area contributed by atoms with E-state index in [2.05, 4.69) is 19.9 Å². The van der Waals surface area contributed by atoms with Crippen LogP contribution in [0.4, 0.5) is 5.95 Å². The first-order valence-corrected chi connectivity index (χ1v) is 12.1. The van der Waals surface area contributed by atoms with Crippen molar-refractivity contribution in [3.63, 3.8) is 0 Å². The first-order valence-electron chi connectivity index (χ1n) is 10.7. The van der Waals surface area contributed by atoms with Crippen molar-refractivity contribution in [3.05, 3.63) is 31.0 Å². The van der Waals surface area contributed by atoms with E-state index in [9.17, 15) is 13.2 Å². The Kier molecular flexibility index (Phi) is 6.24. The Morgan fingerprint density at radius 1 is 1.06 bits per heavy atom. The predicted octanol–water partition coefficient (Wildman–Crippen LogP) is 1.00. The lowest BCUT2D eigenvalue weighted by Crippen LogP contribution is -2.53. The number of anilines is 1. The molecule has 0 aromatic carbocycles. The largest absolute Gasteiger partial charge is 0.339 e. The molecule has 0 unspecified atom stereocenters. The van der Waals surface area contributed by atoms with Crippen LogP contribution in [0.1, 0.15) is 32.7 Å². The normalized spacial score (nSPS) is 20.9. The molecule has 0 aliphatic carbocycles. The topological polar surface area (TPSA) is 105 Å². The third-order valence-electron chi connectivity index (χ3n) is 5.94. The molecule has 4 heterocycles. The van der Waals surface area contributed by atoms with Crippen LogP contribution in [-0.2, 0) is 14.8 Å². The number of imidazole rings is 1. The molecule has 11 heteroatoms. The number of hydrogen-bond donors (Lipinski definition) is 0. The van der Waals surface area contributed by atoms with Crippen LogP contribution < -0.4 is 4.90 Å². The van der Waals surface area contributed by atoms with Gasteiger partial charge in [0.15, 0.2) is 5.03 Å². The van der Waals surface area contributed by atoms with Gasteiger partial charge in [0.05, 0.1) is 12.2 Å². The molecule has 168 valence electrons. The molecule has 1 amide bonds. The minimum absolute atomic E-state index is 0.0289. The molecule has 31 heavy (non-hydrogen) atoms. The summed E-state index contributed by atoms with van der Waals surface area (Å²) in [7, 11) is -3.71. The van der Waals surface area contributed by atoms with E-state index in [1.807, 2.05) is 18.7 Å². The summed E-state index contributed by atoms with van der Waals surface area (Å²) < 4.78 is 29.3. The highest BCUT2D eigenvalue weighted by Crippen LogP contribution is 2.25. The molecule has 2 saturated heterocycles. The van der Waals surface area contributed by atoms with Gasteiger partial charge in [-0.3, -0.25) is 4.79 Å². The molecule has 4 rings (SSSR count). The monoisotopic (exact) mass is 447 g/mol.